The van der Waals surface area contributed by atoms with Crippen LogP contribution in [0.15, 0.2) is 12.2 Å². The second-order valence-corrected chi connectivity index (χ2v) is 11.3. The first-order valence-electron chi connectivity index (χ1n) is 13.0. The van der Waals surface area contributed by atoms with Crippen LogP contribution >= 0.6 is 0 Å². The molecule has 0 aromatic heterocycles. The molecule has 3 aliphatic rings. The van der Waals surface area contributed by atoms with Gasteiger partial charge in [-0.05, 0) is 52.9 Å². The molecule has 1 saturated heterocycles. The number of carbonyl (C=O) groups is 4. The monoisotopic (exact) mass is 507 g/mol. The summed E-state index contributed by atoms with van der Waals surface area (Å²) in [6.07, 6.45) is 6.10. The van der Waals surface area contributed by atoms with E-state index in [0.717, 1.165) is 12.8 Å². The zero-order chi connectivity index (χ0) is 26.7. The number of alkyl carbamates (subject to hydrolysis) is 1. The Kier molecular flexibility index (Phi) is 8.69. The first kappa shape index (κ1) is 28.0. The fourth-order valence-electron chi connectivity index (χ4n) is 5.08. The smallest absolute Gasteiger partial charge is 0.408 e. The lowest BCUT2D eigenvalue weighted by Gasteiger charge is -2.30. The van der Waals surface area contributed by atoms with Gasteiger partial charge in [0.25, 0.3) is 0 Å². The third-order valence-corrected chi connectivity index (χ3v) is 7.08. The van der Waals surface area contributed by atoms with Gasteiger partial charge in [0.2, 0.25) is 11.8 Å². The van der Waals surface area contributed by atoms with Gasteiger partial charge in [0, 0.05) is 25.5 Å². The van der Waals surface area contributed by atoms with Crippen LogP contribution in [0, 0.1) is 11.8 Å². The van der Waals surface area contributed by atoms with Crippen LogP contribution in [0.2, 0.25) is 0 Å². The molecule has 1 saturated carbocycles. The van der Waals surface area contributed by atoms with E-state index in [1.165, 1.54) is 4.90 Å². The number of rotatable bonds is 4. The molecule has 0 aromatic carbocycles. The molecule has 2 heterocycles. The van der Waals surface area contributed by atoms with E-state index in [9.17, 15) is 24.3 Å². The van der Waals surface area contributed by atoms with E-state index >= 15 is 0 Å². The van der Waals surface area contributed by atoms with Crippen LogP contribution in [0.5, 0.6) is 0 Å². The minimum atomic E-state index is -1.36. The average molecular weight is 508 g/mol. The number of nitrogens with zero attached hydrogens (tertiary/aromatic N) is 1. The van der Waals surface area contributed by atoms with E-state index in [2.05, 4.69) is 17.6 Å². The highest BCUT2D eigenvalue weighted by Crippen LogP contribution is 2.45. The second-order valence-electron chi connectivity index (χ2n) is 11.3. The van der Waals surface area contributed by atoms with Gasteiger partial charge in [0.05, 0.1) is 6.10 Å². The van der Waals surface area contributed by atoms with Crippen LogP contribution in [0.1, 0.15) is 73.1 Å². The molecule has 2 fully saturated rings. The number of carboxylic acid groups (broad SMARTS) is 1. The average Bonchev–Trinajstić information content (AvgIpc) is 3.29. The third-order valence-electron chi connectivity index (χ3n) is 7.08. The van der Waals surface area contributed by atoms with Gasteiger partial charge in [0.1, 0.15) is 23.2 Å². The lowest BCUT2D eigenvalue weighted by molar-refractivity contribution is -0.145. The van der Waals surface area contributed by atoms with Crippen LogP contribution in [-0.2, 0) is 23.9 Å². The minimum Gasteiger partial charge on any atom is -0.479 e. The van der Waals surface area contributed by atoms with Gasteiger partial charge < -0.3 is 30.1 Å². The van der Waals surface area contributed by atoms with Crippen molar-refractivity contribution in [1.29, 1.82) is 0 Å². The van der Waals surface area contributed by atoms with Gasteiger partial charge in [-0.25, -0.2) is 9.59 Å². The first-order valence-corrected chi connectivity index (χ1v) is 13.0. The standard InChI is InChI=1S/C26H41N3O7/c1-6-35-18-13-20-21(30)28-26(23(32)33)14-17(26)11-7-9-16(2)10-8-12-19(22(31)29(20)15-18)27-24(34)36-25(3,4)5/h7,11,16-20H,6,8-10,12-15H2,1-5H3,(H,27,34)(H,28,30)(H,32,33)/b11-7-/t16?,17-,18-,19+,20+,26-/m1/s1. The van der Waals surface area contributed by atoms with Crippen LogP contribution in [0.4, 0.5) is 4.79 Å². The Morgan fingerprint density at radius 1 is 1.28 bits per heavy atom. The summed E-state index contributed by atoms with van der Waals surface area (Å²) in [5, 5.41) is 15.4. The quantitative estimate of drug-likeness (QED) is 0.498. The summed E-state index contributed by atoms with van der Waals surface area (Å²) in [5.74, 6) is -1.95. The molecule has 3 N–H and O–H groups in total. The van der Waals surface area contributed by atoms with Gasteiger partial charge >= 0.3 is 12.1 Å². The Hall–Kier alpha value is -2.62. The van der Waals surface area contributed by atoms with Crippen molar-refractivity contribution in [3.8, 4) is 0 Å². The number of carbonyl (C=O) groups excluding carboxylic acids is 3. The molecule has 0 radical (unpaired) electrons. The number of amides is 3. The van der Waals surface area contributed by atoms with Crippen LogP contribution < -0.4 is 10.6 Å². The lowest BCUT2D eigenvalue weighted by atomic mass is 9.97. The summed E-state index contributed by atoms with van der Waals surface area (Å²) in [4.78, 5) is 53.2. The van der Waals surface area contributed by atoms with E-state index < -0.39 is 41.2 Å². The van der Waals surface area contributed by atoms with Gasteiger partial charge in [-0.1, -0.05) is 31.9 Å². The summed E-state index contributed by atoms with van der Waals surface area (Å²) in [6, 6.07) is -1.76. The Balaban J connectivity index is 1.89. The van der Waals surface area contributed by atoms with Crippen LogP contribution in [0.3, 0.4) is 0 Å². The molecule has 36 heavy (non-hydrogen) atoms. The summed E-state index contributed by atoms with van der Waals surface area (Å²) >= 11 is 0. The van der Waals surface area contributed by atoms with E-state index in [4.69, 9.17) is 9.47 Å². The van der Waals surface area contributed by atoms with Crippen molar-refractivity contribution in [2.24, 2.45) is 11.8 Å². The van der Waals surface area contributed by atoms with Gasteiger partial charge in [-0.3, -0.25) is 9.59 Å². The topological polar surface area (TPSA) is 134 Å². The maximum Gasteiger partial charge on any atom is 0.408 e. The molecule has 3 rings (SSSR count). The number of hydrogen-bond donors (Lipinski definition) is 3. The maximum atomic E-state index is 13.7. The number of allylic oxidation sites excluding steroid dienone is 1. The molecular formula is C26H41N3O7. The van der Waals surface area contributed by atoms with E-state index in [-0.39, 0.29) is 30.9 Å². The van der Waals surface area contributed by atoms with Crippen molar-refractivity contribution < 1.29 is 33.8 Å². The van der Waals surface area contributed by atoms with Gasteiger partial charge in [-0.2, -0.15) is 0 Å². The molecule has 0 spiro atoms. The van der Waals surface area contributed by atoms with E-state index in [1.54, 1.807) is 20.8 Å². The molecular weight excluding hydrogens is 466 g/mol. The molecule has 10 nitrogen and oxygen atoms in total. The summed E-state index contributed by atoms with van der Waals surface area (Å²) in [6.45, 7) is 9.79. The molecule has 1 unspecified atom stereocenters. The number of fused-ring (bicyclic) bond motifs is 2. The van der Waals surface area contributed by atoms with Crippen LogP contribution in [-0.4, -0.2) is 76.4 Å². The van der Waals surface area contributed by atoms with Crippen LogP contribution in [0.25, 0.3) is 0 Å². The Morgan fingerprint density at radius 2 is 2.00 bits per heavy atom. The number of hydrogen-bond acceptors (Lipinski definition) is 6. The Bertz CT molecular complexity index is 883. The van der Waals surface area contributed by atoms with E-state index in [0.29, 0.717) is 31.8 Å². The highest BCUT2D eigenvalue weighted by atomic mass is 16.6. The Morgan fingerprint density at radius 3 is 2.64 bits per heavy atom. The second kappa shape index (κ2) is 11.2. The minimum absolute atomic E-state index is 0.192. The fourth-order valence-corrected chi connectivity index (χ4v) is 5.08. The van der Waals surface area contributed by atoms with Crippen molar-refractivity contribution in [1.82, 2.24) is 15.5 Å². The molecule has 0 bridgehead atoms. The summed E-state index contributed by atoms with van der Waals surface area (Å²) in [7, 11) is 0. The Labute approximate surface area is 213 Å². The third kappa shape index (κ3) is 6.78. The predicted molar refractivity (Wildman–Crippen MR) is 132 cm³/mol. The molecule has 0 aromatic rings. The zero-order valence-corrected chi connectivity index (χ0v) is 22.0. The SMILES string of the molecule is CCO[C@@H]1C[C@H]2C(=O)N[C@]3(C(=O)O)C[C@H]3/C=C\CC(C)CCC[C@H](NC(=O)OC(C)(C)C)C(=O)N2C1. The van der Waals surface area contributed by atoms with Gasteiger partial charge in [-0.15, -0.1) is 0 Å². The molecule has 6 atom stereocenters. The highest BCUT2D eigenvalue weighted by Gasteiger charge is 2.61. The van der Waals surface area contributed by atoms with Gasteiger partial charge in [0.15, 0.2) is 0 Å². The van der Waals surface area contributed by atoms with Crippen molar-refractivity contribution in [3.05, 3.63) is 12.2 Å². The maximum absolute atomic E-state index is 13.7. The van der Waals surface area contributed by atoms with Crippen molar-refractivity contribution in [3.63, 3.8) is 0 Å². The molecule has 1 aliphatic carbocycles. The van der Waals surface area contributed by atoms with Crippen molar-refractivity contribution in [2.45, 2.75) is 102 Å². The number of aliphatic carboxylic acids is 1. The normalized spacial score (nSPS) is 34.4. The number of ether oxygens (including phenoxy) is 2. The largest absolute Gasteiger partial charge is 0.479 e. The summed E-state index contributed by atoms with van der Waals surface area (Å²) in [5.41, 5.74) is -2.08. The van der Waals surface area contributed by atoms with Crippen molar-refractivity contribution >= 4 is 23.9 Å². The molecule has 3 amide bonds. The fraction of sp³-hybridized carbons (Fsp3) is 0.769. The highest BCUT2D eigenvalue weighted by molar-refractivity contribution is 5.96. The zero-order valence-electron chi connectivity index (χ0n) is 22.0. The first-order chi connectivity index (χ1) is 16.9. The number of carboxylic acids is 1. The number of nitrogens with one attached hydrogen (secondary N) is 2. The predicted octanol–water partition coefficient (Wildman–Crippen LogP) is 2.61. The van der Waals surface area contributed by atoms with E-state index in [1.807, 2.05) is 19.1 Å². The lowest BCUT2D eigenvalue weighted by Crippen LogP contribution is -2.56. The summed E-state index contributed by atoms with van der Waals surface area (Å²) < 4.78 is 11.1. The molecule has 10 heteroatoms. The van der Waals surface area contributed by atoms with Crippen molar-refractivity contribution in [2.75, 3.05) is 13.2 Å². The molecule has 202 valence electrons. The molecule has 2 aliphatic heterocycles.